The average molecular weight is 339 g/mol. The zero-order valence-corrected chi connectivity index (χ0v) is 12.3. The second-order valence-electron chi connectivity index (χ2n) is 4.06. The van der Waals surface area contributed by atoms with Crippen molar-refractivity contribution in [1.29, 1.82) is 0 Å². The van der Waals surface area contributed by atoms with Crippen molar-refractivity contribution in [2.75, 3.05) is 7.11 Å². The van der Waals surface area contributed by atoms with Crippen LogP contribution in [0.4, 0.5) is 4.39 Å². The van der Waals surface area contributed by atoms with E-state index in [1.54, 1.807) is 7.11 Å². The van der Waals surface area contributed by atoms with Crippen LogP contribution in [-0.4, -0.2) is 13.4 Å². The van der Waals surface area contributed by atoms with Gasteiger partial charge in [0.05, 0.1) is 17.1 Å². The molecular formula is C15H12BrFO3. The Balaban J connectivity index is 2.12. The van der Waals surface area contributed by atoms with E-state index >= 15 is 0 Å². The Morgan fingerprint density at radius 1 is 1.20 bits per heavy atom. The topological polar surface area (TPSA) is 35.5 Å². The molecule has 20 heavy (non-hydrogen) atoms. The number of benzene rings is 2. The molecule has 0 bridgehead atoms. The Kier molecular flexibility index (Phi) is 4.74. The minimum atomic E-state index is -0.466. The van der Waals surface area contributed by atoms with Crippen molar-refractivity contribution < 1.29 is 18.7 Å². The zero-order chi connectivity index (χ0) is 14.5. The van der Waals surface area contributed by atoms with Gasteiger partial charge in [0.1, 0.15) is 23.9 Å². The maximum atomic E-state index is 13.0. The van der Waals surface area contributed by atoms with E-state index in [-0.39, 0.29) is 12.2 Å². The molecule has 0 spiro atoms. The van der Waals surface area contributed by atoms with E-state index in [1.165, 1.54) is 12.1 Å². The predicted molar refractivity (Wildman–Crippen MR) is 76.8 cm³/mol. The molecule has 0 N–H and O–H groups in total. The largest absolute Gasteiger partial charge is 0.496 e. The summed E-state index contributed by atoms with van der Waals surface area (Å²) < 4.78 is 24.5. The minimum Gasteiger partial charge on any atom is -0.496 e. The molecule has 5 heteroatoms. The van der Waals surface area contributed by atoms with Crippen LogP contribution in [0.25, 0.3) is 0 Å². The van der Waals surface area contributed by atoms with E-state index in [0.29, 0.717) is 12.0 Å². The first-order valence-corrected chi connectivity index (χ1v) is 6.63. The van der Waals surface area contributed by atoms with Gasteiger partial charge in [0.2, 0.25) is 0 Å². The molecule has 0 radical (unpaired) electrons. The van der Waals surface area contributed by atoms with E-state index in [1.807, 2.05) is 18.2 Å². The van der Waals surface area contributed by atoms with Crippen molar-refractivity contribution in [1.82, 2.24) is 0 Å². The van der Waals surface area contributed by atoms with Gasteiger partial charge in [0.15, 0.2) is 6.29 Å². The lowest BCUT2D eigenvalue weighted by Gasteiger charge is -2.10. The van der Waals surface area contributed by atoms with Gasteiger partial charge in [0.25, 0.3) is 0 Å². The van der Waals surface area contributed by atoms with Crippen molar-refractivity contribution in [2.24, 2.45) is 0 Å². The molecule has 104 valence electrons. The van der Waals surface area contributed by atoms with E-state index in [2.05, 4.69) is 15.9 Å². The number of ether oxygens (including phenoxy) is 2. The molecule has 0 atom stereocenters. The van der Waals surface area contributed by atoms with Crippen LogP contribution in [0.3, 0.4) is 0 Å². The van der Waals surface area contributed by atoms with Crippen LogP contribution >= 0.6 is 15.9 Å². The fourth-order valence-electron chi connectivity index (χ4n) is 1.70. The molecule has 0 aromatic heterocycles. The molecule has 0 heterocycles. The van der Waals surface area contributed by atoms with Gasteiger partial charge in [-0.05, 0) is 51.8 Å². The molecule has 0 aliphatic carbocycles. The molecule has 0 aliphatic rings. The summed E-state index contributed by atoms with van der Waals surface area (Å²) in [5.41, 5.74) is 1.09. The third-order valence-corrected chi connectivity index (χ3v) is 3.33. The molecule has 2 aromatic carbocycles. The highest BCUT2D eigenvalue weighted by atomic mass is 79.9. The van der Waals surface area contributed by atoms with Crippen LogP contribution in [0.2, 0.25) is 0 Å². The Hall–Kier alpha value is -1.88. The van der Waals surface area contributed by atoms with Crippen molar-refractivity contribution in [3.63, 3.8) is 0 Å². The van der Waals surface area contributed by atoms with Gasteiger partial charge >= 0.3 is 0 Å². The smallest absolute Gasteiger partial charge is 0.153 e. The fourth-order valence-corrected chi connectivity index (χ4v) is 2.29. The lowest BCUT2D eigenvalue weighted by molar-refractivity contribution is 0.111. The zero-order valence-electron chi connectivity index (χ0n) is 10.7. The molecule has 2 aromatic rings. The van der Waals surface area contributed by atoms with E-state index in [9.17, 15) is 9.18 Å². The number of carbonyl (C=O) groups is 1. The monoisotopic (exact) mass is 338 g/mol. The molecule has 3 nitrogen and oxygen atoms in total. The van der Waals surface area contributed by atoms with Crippen molar-refractivity contribution in [3.8, 4) is 11.5 Å². The summed E-state index contributed by atoms with van der Waals surface area (Å²) in [4.78, 5) is 10.9. The first-order chi connectivity index (χ1) is 9.63. The molecular weight excluding hydrogens is 327 g/mol. The van der Waals surface area contributed by atoms with Crippen LogP contribution in [0, 0.1) is 5.82 Å². The van der Waals surface area contributed by atoms with Gasteiger partial charge in [-0.25, -0.2) is 4.39 Å². The number of hydrogen-bond acceptors (Lipinski definition) is 3. The second kappa shape index (κ2) is 6.52. The molecule has 0 amide bonds. The minimum absolute atomic E-state index is 0.192. The van der Waals surface area contributed by atoms with E-state index in [4.69, 9.17) is 9.47 Å². The number of carbonyl (C=O) groups excluding carboxylic acids is 1. The molecule has 0 fully saturated rings. The third kappa shape index (κ3) is 3.36. The Morgan fingerprint density at radius 3 is 2.60 bits per heavy atom. The fraction of sp³-hybridized carbons (Fsp3) is 0.133. The lowest BCUT2D eigenvalue weighted by Crippen LogP contribution is -1.99. The number of rotatable bonds is 5. The van der Waals surface area contributed by atoms with Crippen LogP contribution in [0.1, 0.15) is 15.9 Å². The Morgan fingerprint density at radius 2 is 1.95 bits per heavy atom. The molecule has 0 saturated heterocycles. The van der Waals surface area contributed by atoms with Gasteiger partial charge in [-0.1, -0.05) is 6.07 Å². The average Bonchev–Trinajstić information content (AvgIpc) is 2.46. The van der Waals surface area contributed by atoms with Crippen molar-refractivity contribution >= 4 is 22.2 Å². The summed E-state index contributed by atoms with van der Waals surface area (Å²) in [5, 5.41) is 0. The van der Waals surface area contributed by atoms with E-state index in [0.717, 1.165) is 21.9 Å². The maximum Gasteiger partial charge on any atom is 0.153 e. The number of aldehydes is 1. The van der Waals surface area contributed by atoms with Crippen molar-refractivity contribution in [2.45, 2.75) is 6.61 Å². The maximum absolute atomic E-state index is 13.0. The summed E-state index contributed by atoms with van der Waals surface area (Å²) in [5.74, 6) is 0.615. The normalized spacial score (nSPS) is 10.2. The van der Waals surface area contributed by atoms with Gasteiger partial charge in [-0.3, -0.25) is 4.79 Å². The number of methoxy groups -OCH3 is 1. The first kappa shape index (κ1) is 14.5. The first-order valence-electron chi connectivity index (χ1n) is 5.84. The van der Waals surface area contributed by atoms with Crippen LogP contribution in [0.15, 0.2) is 40.9 Å². The van der Waals surface area contributed by atoms with Gasteiger partial charge in [0, 0.05) is 0 Å². The van der Waals surface area contributed by atoms with Crippen LogP contribution in [0.5, 0.6) is 11.5 Å². The Labute approximate surface area is 124 Å². The summed E-state index contributed by atoms with van der Waals surface area (Å²) in [6, 6.07) is 9.38. The third-order valence-electron chi connectivity index (χ3n) is 2.71. The lowest BCUT2D eigenvalue weighted by atomic mass is 10.2. The quantitative estimate of drug-likeness (QED) is 0.773. The SMILES string of the molecule is COc1ccc(COc2ccc(F)cc2C=O)cc1Br. The van der Waals surface area contributed by atoms with Gasteiger partial charge in [-0.2, -0.15) is 0 Å². The van der Waals surface area contributed by atoms with Crippen molar-refractivity contribution in [3.05, 3.63) is 57.8 Å². The summed E-state index contributed by atoms with van der Waals surface area (Å²) in [6.45, 7) is 0.273. The number of halogens is 2. The molecule has 0 aliphatic heterocycles. The van der Waals surface area contributed by atoms with Crippen LogP contribution in [-0.2, 0) is 6.61 Å². The number of hydrogen-bond donors (Lipinski definition) is 0. The second-order valence-corrected chi connectivity index (χ2v) is 4.91. The summed E-state index contributed by atoms with van der Waals surface area (Å²) in [7, 11) is 1.59. The summed E-state index contributed by atoms with van der Waals surface area (Å²) in [6.07, 6.45) is 0.572. The highest BCUT2D eigenvalue weighted by Crippen LogP contribution is 2.26. The summed E-state index contributed by atoms with van der Waals surface area (Å²) >= 11 is 3.38. The van der Waals surface area contributed by atoms with E-state index < -0.39 is 5.82 Å². The van der Waals surface area contributed by atoms with Crippen LogP contribution < -0.4 is 9.47 Å². The Bertz CT molecular complexity index is 629. The standard InChI is InChI=1S/C15H12BrFO3/c1-19-15-4-2-10(6-13(15)16)9-20-14-5-3-12(17)7-11(14)8-18/h2-8H,9H2,1H3. The molecule has 2 rings (SSSR count). The van der Waals surface area contributed by atoms with Gasteiger partial charge in [-0.15, -0.1) is 0 Å². The predicted octanol–water partition coefficient (Wildman–Crippen LogP) is 3.99. The highest BCUT2D eigenvalue weighted by Gasteiger charge is 2.06. The highest BCUT2D eigenvalue weighted by molar-refractivity contribution is 9.10. The molecule has 0 unspecified atom stereocenters. The van der Waals surface area contributed by atoms with Gasteiger partial charge < -0.3 is 9.47 Å². The molecule has 0 saturated carbocycles.